The molecule has 2 rings (SSSR count). The standard InChI is InChI=1S/C11H8ClN3O3/c1-7-4-5-14(13-7)11(16)9-3-2-8(15(17)18)6-10(9)12/h2-6H,1H3. The van der Waals surface area contributed by atoms with E-state index in [4.69, 9.17) is 11.6 Å². The summed E-state index contributed by atoms with van der Waals surface area (Å²) >= 11 is 5.86. The predicted molar refractivity (Wildman–Crippen MR) is 64.8 cm³/mol. The monoisotopic (exact) mass is 265 g/mol. The van der Waals surface area contributed by atoms with Crippen molar-refractivity contribution in [3.63, 3.8) is 0 Å². The number of hydrogen-bond acceptors (Lipinski definition) is 4. The summed E-state index contributed by atoms with van der Waals surface area (Å²) in [4.78, 5) is 22.0. The number of carbonyl (C=O) groups excluding carboxylic acids is 1. The normalized spacial score (nSPS) is 10.3. The molecule has 0 fully saturated rings. The zero-order valence-electron chi connectivity index (χ0n) is 9.33. The first-order valence-corrected chi connectivity index (χ1v) is 5.38. The molecule has 18 heavy (non-hydrogen) atoms. The van der Waals surface area contributed by atoms with Crippen LogP contribution in [0.1, 0.15) is 16.1 Å². The summed E-state index contributed by atoms with van der Waals surface area (Å²) in [5.74, 6) is -0.428. The van der Waals surface area contributed by atoms with Crippen molar-refractivity contribution in [1.82, 2.24) is 9.78 Å². The van der Waals surface area contributed by atoms with E-state index in [2.05, 4.69) is 5.10 Å². The van der Waals surface area contributed by atoms with Gasteiger partial charge in [-0.3, -0.25) is 14.9 Å². The van der Waals surface area contributed by atoms with Crippen molar-refractivity contribution in [2.24, 2.45) is 0 Å². The molecule has 0 aliphatic rings. The molecule has 0 aliphatic carbocycles. The molecular formula is C11H8ClN3O3. The zero-order chi connectivity index (χ0) is 13.3. The summed E-state index contributed by atoms with van der Waals surface area (Å²) in [6, 6.07) is 5.37. The lowest BCUT2D eigenvalue weighted by Gasteiger charge is -2.03. The lowest BCUT2D eigenvalue weighted by molar-refractivity contribution is -0.384. The van der Waals surface area contributed by atoms with E-state index in [-0.39, 0.29) is 16.3 Å². The number of nitrogens with zero attached hydrogens (tertiary/aromatic N) is 3. The van der Waals surface area contributed by atoms with E-state index in [0.717, 1.165) is 10.7 Å². The smallest absolute Gasteiger partial charge is 0.267 e. The molecular weight excluding hydrogens is 258 g/mol. The van der Waals surface area contributed by atoms with Crippen LogP contribution in [0.25, 0.3) is 0 Å². The van der Waals surface area contributed by atoms with Gasteiger partial charge in [-0.25, -0.2) is 4.68 Å². The van der Waals surface area contributed by atoms with Crippen LogP contribution in [-0.2, 0) is 0 Å². The SMILES string of the molecule is Cc1ccn(C(=O)c2ccc([N+](=O)[O-])cc2Cl)n1. The number of aryl methyl sites for hydroxylation is 1. The highest BCUT2D eigenvalue weighted by Crippen LogP contribution is 2.23. The maximum Gasteiger partial charge on any atom is 0.279 e. The van der Waals surface area contributed by atoms with Gasteiger partial charge in [0.05, 0.1) is 21.2 Å². The summed E-state index contributed by atoms with van der Waals surface area (Å²) in [6.45, 7) is 1.75. The van der Waals surface area contributed by atoms with E-state index in [0.29, 0.717) is 5.69 Å². The summed E-state index contributed by atoms with van der Waals surface area (Å²) in [6.07, 6.45) is 1.51. The number of benzene rings is 1. The minimum atomic E-state index is -0.571. The maximum absolute atomic E-state index is 12.0. The average molecular weight is 266 g/mol. The third-order valence-corrected chi connectivity index (χ3v) is 2.64. The fraction of sp³-hybridized carbons (Fsp3) is 0.0909. The van der Waals surface area contributed by atoms with Gasteiger partial charge < -0.3 is 0 Å². The van der Waals surface area contributed by atoms with Gasteiger partial charge in [0.1, 0.15) is 0 Å². The Morgan fingerprint density at radius 1 is 1.44 bits per heavy atom. The Bertz CT molecular complexity index is 636. The first-order valence-electron chi connectivity index (χ1n) is 5.00. The van der Waals surface area contributed by atoms with Gasteiger partial charge in [-0.2, -0.15) is 5.10 Å². The predicted octanol–water partition coefficient (Wildman–Crippen LogP) is 2.44. The molecule has 6 nitrogen and oxygen atoms in total. The van der Waals surface area contributed by atoms with Crippen LogP contribution < -0.4 is 0 Å². The van der Waals surface area contributed by atoms with Gasteiger partial charge in [0.2, 0.25) is 0 Å². The minimum absolute atomic E-state index is 0.0300. The summed E-state index contributed by atoms with van der Waals surface area (Å²) in [5, 5.41) is 14.5. The third-order valence-electron chi connectivity index (χ3n) is 2.32. The number of halogens is 1. The molecule has 1 aromatic carbocycles. The van der Waals surface area contributed by atoms with Gasteiger partial charge in [0, 0.05) is 18.3 Å². The van der Waals surface area contributed by atoms with Gasteiger partial charge in [-0.05, 0) is 19.1 Å². The maximum atomic E-state index is 12.0. The summed E-state index contributed by atoms with van der Waals surface area (Å²) < 4.78 is 1.14. The Labute approximate surface area is 107 Å². The molecule has 0 saturated heterocycles. The molecule has 0 N–H and O–H groups in total. The number of nitro benzene ring substituents is 1. The van der Waals surface area contributed by atoms with Crippen LogP contribution in [0.3, 0.4) is 0 Å². The molecule has 0 unspecified atom stereocenters. The highest BCUT2D eigenvalue weighted by Gasteiger charge is 2.16. The van der Waals surface area contributed by atoms with Crippen LogP contribution in [0.4, 0.5) is 5.69 Å². The number of aromatic nitrogens is 2. The Kier molecular flexibility index (Phi) is 3.12. The Morgan fingerprint density at radius 2 is 2.17 bits per heavy atom. The molecule has 2 aromatic rings. The molecule has 0 spiro atoms. The van der Waals surface area contributed by atoms with Gasteiger partial charge in [0.15, 0.2) is 0 Å². The number of carbonyl (C=O) groups is 1. The topological polar surface area (TPSA) is 78.0 Å². The number of nitro groups is 1. The number of hydrogen-bond donors (Lipinski definition) is 0. The first kappa shape index (κ1) is 12.3. The van der Waals surface area contributed by atoms with Crippen molar-refractivity contribution in [3.05, 3.63) is 56.9 Å². The summed E-state index contributed by atoms with van der Waals surface area (Å²) in [5.41, 5.74) is 0.708. The van der Waals surface area contributed by atoms with E-state index in [1.807, 2.05) is 0 Å². The van der Waals surface area contributed by atoms with E-state index in [1.54, 1.807) is 13.0 Å². The van der Waals surface area contributed by atoms with Crippen LogP contribution in [0.2, 0.25) is 5.02 Å². The lowest BCUT2D eigenvalue weighted by atomic mass is 10.2. The average Bonchev–Trinajstić information content (AvgIpc) is 2.74. The van der Waals surface area contributed by atoms with Crippen molar-refractivity contribution in [1.29, 1.82) is 0 Å². The number of rotatable bonds is 2. The van der Waals surface area contributed by atoms with E-state index in [9.17, 15) is 14.9 Å². The van der Waals surface area contributed by atoms with E-state index < -0.39 is 10.8 Å². The molecule has 0 saturated carbocycles. The van der Waals surface area contributed by atoms with Gasteiger partial charge in [-0.1, -0.05) is 11.6 Å². The fourth-order valence-electron chi connectivity index (χ4n) is 1.44. The molecule has 0 bridgehead atoms. The second-order valence-corrected chi connectivity index (χ2v) is 4.04. The van der Waals surface area contributed by atoms with Gasteiger partial charge in [0.25, 0.3) is 11.6 Å². The molecule has 7 heteroatoms. The fourth-order valence-corrected chi connectivity index (χ4v) is 1.70. The van der Waals surface area contributed by atoms with Crippen molar-refractivity contribution in [2.75, 3.05) is 0 Å². The van der Waals surface area contributed by atoms with Gasteiger partial charge >= 0.3 is 0 Å². The van der Waals surface area contributed by atoms with Crippen LogP contribution in [0, 0.1) is 17.0 Å². The molecule has 1 heterocycles. The molecule has 92 valence electrons. The highest BCUT2D eigenvalue weighted by atomic mass is 35.5. The molecule has 0 atom stereocenters. The van der Waals surface area contributed by atoms with Crippen LogP contribution in [-0.4, -0.2) is 20.6 Å². The van der Waals surface area contributed by atoms with Crippen molar-refractivity contribution >= 4 is 23.2 Å². The van der Waals surface area contributed by atoms with Crippen LogP contribution in [0.5, 0.6) is 0 Å². The quantitative estimate of drug-likeness (QED) is 0.617. The first-order chi connectivity index (χ1) is 8.49. The molecule has 1 aromatic heterocycles. The molecule has 0 amide bonds. The second-order valence-electron chi connectivity index (χ2n) is 3.63. The molecule has 0 radical (unpaired) electrons. The van der Waals surface area contributed by atoms with Crippen molar-refractivity contribution in [3.8, 4) is 0 Å². The number of non-ortho nitro benzene ring substituents is 1. The molecule has 0 aliphatic heterocycles. The third kappa shape index (κ3) is 2.23. The minimum Gasteiger partial charge on any atom is -0.267 e. The largest absolute Gasteiger partial charge is 0.279 e. The summed E-state index contributed by atoms with van der Waals surface area (Å²) in [7, 11) is 0. The highest BCUT2D eigenvalue weighted by molar-refractivity contribution is 6.34. The van der Waals surface area contributed by atoms with E-state index in [1.165, 1.54) is 18.3 Å². The van der Waals surface area contributed by atoms with Crippen LogP contribution >= 0.6 is 11.6 Å². The Hall–Kier alpha value is -2.21. The van der Waals surface area contributed by atoms with Gasteiger partial charge in [-0.15, -0.1) is 0 Å². The second kappa shape index (κ2) is 4.58. The van der Waals surface area contributed by atoms with Crippen molar-refractivity contribution < 1.29 is 9.72 Å². The lowest BCUT2D eigenvalue weighted by Crippen LogP contribution is -2.13. The van der Waals surface area contributed by atoms with Crippen LogP contribution in [0.15, 0.2) is 30.5 Å². The zero-order valence-corrected chi connectivity index (χ0v) is 10.1. The Balaban J connectivity index is 2.40. The Morgan fingerprint density at radius 3 is 2.67 bits per heavy atom. The van der Waals surface area contributed by atoms with Crippen molar-refractivity contribution in [2.45, 2.75) is 6.92 Å². The van der Waals surface area contributed by atoms with E-state index >= 15 is 0 Å².